The molecular formula is C38H48N4O4. The van der Waals surface area contributed by atoms with Crippen molar-refractivity contribution in [2.24, 2.45) is 5.92 Å². The molecule has 1 aliphatic carbocycles. The van der Waals surface area contributed by atoms with Gasteiger partial charge in [-0.1, -0.05) is 75.1 Å². The van der Waals surface area contributed by atoms with Crippen molar-refractivity contribution in [3.8, 4) is 16.9 Å². The molecule has 46 heavy (non-hydrogen) atoms. The van der Waals surface area contributed by atoms with Crippen LogP contribution in [0.1, 0.15) is 96.6 Å². The van der Waals surface area contributed by atoms with Crippen molar-refractivity contribution in [1.82, 2.24) is 14.5 Å². The summed E-state index contributed by atoms with van der Waals surface area (Å²) >= 11 is 0. The quantitative estimate of drug-likeness (QED) is 0.129. The second-order valence-electron chi connectivity index (χ2n) is 13.3. The van der Waals surface area contributed by atoms with Crippen LogP contribution in [0.5, 0.6) is 5.75 Å². The highest BCUT2D eigenvalue weighted by molar-refractivity contribution is 5.97. The lowest BCUT2D eigenvalue weighted by Crippen LogP contribution is -2.37. The highest BCUT2D eigenvalue weighted by atomic mass is 16.7. The van der Waals surface area contributed by atoms with Gasteiger partial charge in [-0.2, -0.15) is 0 Å². The number of carbonyl (C=O) groups excluding carboxylic acids is 2. The van der Waals surface area contributed by atoms with Crippen molar-refractivity contribution in [1.29, 1.82) is 0 Å². The van der Waals surface area contributed by atoms with Gasteiger partial charge in [0.05, 0.1) is 17.9 Å². The lowest BCUT2D eigenvalue weighted by molar-refractivity contribution is -0.123. The van der Waals surface area contributed by atoms with Crippen LogP contribution >= 0.6 is 0 Å². The Kier molecular flexibility index (Phi) is 10.4. The summed E-state index contributed by atoms with van der Waals surface area (Å²) < 4.78 is 13.2. The van der Waals surface area contributed by atoms with E-state index in [-0.39, 0.29) is 11.8 Å². The van der Waals surface area contributed by atoms with Crippen LogP contribution in [0.4, 0.5) is 10.5 Å². The zero-order valence-electron chi connectivity index (χ0n) is 28.3. The minimum atomic E-state index is -0.727. The van der Waals surface area contributed by atoms with Gasteiger partial charge in [-0.3, -0.25) is 4.79 Å². The standard InChI is InChI=1S/C38H48N4O4/c1-7-9-19-34-40-31-24-32(41(8-2)36(43)29-15-11-10-12-16-29)26(3)39-35(31)42(34)25-27-20-22-28(23-21-27)30-17-13-14-18-33(30)45-37(44)46-38(4,5)6/h13-14,17-18,20-24,29H,7-12,15-16,19,25H2,1-6H3. The monoisotopic (exact) mass is 624 g/mol. The highest BCUT2D eigenvalue weighted by Crippen LogP contribution is 2.33. The molecular weight excluding hydrogens is 576 g/mol. The SMILES string of the molecule is CCCCc1nc2cc(N(CC)C(=O)C3CCCCC3)c(C)nc2n1Cc1ccc(-c2ccccc2OC(=O)OC(C)(C)C)cc1. The largest absolute Gasteiger partial charge is 0.514 e. The van der Waals surface area contributed by atoms with Gasteiger partial charge in [-0.05, 0) is 77.1 Å². The van der Waals surface area contributed by atoms with Crippen LogP contribution in [0, 0.1) is 12.8 Å². The predicted molar refractivity (Wildman–Crippen MR) is 183 cm³/mol. The van der Waals surface area contributed by atoms with Gasteiger partial charge in [0.2, 0.25) is 5.91 Å². The van der Waals surface area contributed by atoms with Crippen LogP contribution in [-0.4, -0.2) is 38.7 Å². The van der Waals surface area contributed by atoms with Crippen LogP contribution in [0.25, 0.3) is 22.3 Å². The van der Waals surface area contributed by atoms with Gasteiger partial charge in [0.25, 0.3) is 0 Å². The number of hydrogen-bond donors (Lipinski definition) is 0. The number of para-hydroxylation sites is 1. The molecule has 0 aliphatic heterocycles. The zero-order chi connectivity index (χ0) is 32.8. The molecule has 1 amide bonds. The Morgan fingerprint density at radius 1 is 0.978 bits per heavy atom. The Balaban J connectivity index is 1.42. The number of hydrogen-bond acceptors (Lipinski definition) is 6. The van der Waals surface area contributed by atoms with E-state index in [1.165, 1.54) is 6.42 Å². The molecule has 0 atom stereocenters. The van der Waals surface area contributed by atoms with E-state index in [0.29, 0.717) is 18.8 Å². The third-order valence-electron chi connectivity index (χ3n) is 8.62. The Morgan fingerprint density at radius 2 is 1.70 bits per heavy atom. The first-order valence-electron chi connectivity index (χ1n) is 16.8. The molecule has 0 saturated heterocycles. The molecule has 4 aromatic rings. The van der Waals surface area contributed by atoms with Crippen LogP contribution in [0.15, 0.2) is 54.6 Å². The lowest BCUT2D eigenvalue weighted by Gasteiger charge is -2.29. The van der Waals surface area contributed by atoms with E-state index < -0.39 is 11.8 Å². The van der Waals surface area contributed by atoms with E-state index in [2.05, 4.69) is 29.7 Å². The second-order valence-corrected chi connectivity index (χ2v) is 13.3. The Labute approximate surface area is 273 Å². The molecule has 1 fully saturated rings. The molecule has 2 aromatic carbocycles. The third-order valence-corrected chi connectivity index (χ3v) is 8.62. The van der Waals surface area contributed by atoms with Gasteiger partial charge in [0.15, 0.2) is 5.65 Å². The number of pyridine rings is 1. The molecule has 2 aromatic heterocycles. The van der Waals surface area contributed by atoms with Crippen molar-refractivity contribution in [2.45, 2.75) is 105 Å². The van der Waals surface area contributed by atoms with Crippen LogP contribution in [0.2, 0.25) is 0 Å². The number of rotatable bonds is 10. The summed E-state index contributed by atoms with van der Waals surface area (Å²) in [6, 6.07) is 17.8. The lowest BCUT2D eigenvalue weighted by atomic mass is 9.88. The number of anilines is 1. The van der Waals surface area contributed by atoms with Gasteiger partial charge in [-0.25, -0.2) is 14.8 Å². The van der Waals surface area contributed by atoms with Gasteiger partial charge in [0, 0.05) is 24.4 Å². The van der Waals surface area contributed by atoms with E-state index in [1.807, 2.05) is 69.9 Å². The summed E-state index contributed by atoms with van der Waals surface area (Å²) in [6.45, 7) is 12.9. The van der Waals surface area contributed by atoms with Crippen molar-refractivity contribution in [3.05, 3.63) is 71.7 Å². The maximum absolute atomic E-state index is 13.6. The average molecular weight is 625 g/mol. The number of amides is 1. The second kappa shape index (κ2) is 14.5. The molecule has 0 N–H and O–H groups in total. The number of benzene rings is 2. The van der Waals surface area contributed by atoms with Gasteiger partial charge in [0.1, 0.15) is 22.7 Å². The van der Waals surface area contributed by atoms with Gasteiger partial charge < -0.3 is 18.9 Å². The van der Waals surface area contributed by atoms with E-state index in [0.717, 1.165) is 90.0 Å². The van der Waals surface area contributed by atoms with Crippen LogP contribution in [0.3, 0.4) is 0 Å². The summed E-state index contributed by atoms with van der Waals surface area (Å²) in [6.07, 6.45) is 7.65. The fourth-order valence-corrected chi connectivity index (χ4v) is 6.28. The molecule has 0 spiro atoms. The zero-order valence-corrected chi connectivity index (χ0v) is 28.3. The number of fused-ring (bicyclic) bond motifs is 1. The molecule has 8 nitrogen and oxygen atoms in total. The Hall–Kier alpha value is -4.20. The van der Waals surface area contributed by atoms with E-state index >= 15 is 0 Å². The Morgan fingerprint density at radius 3 is 2.37 bits per heavy atom. The molecule has 2 heterocycles. The summed E-state index contributed by atoms with van der Waals surface area (Å²) in [5.74, 6) is 1.77. The molecule has 1 aliphatic rings. The van der Waals surface area contributed by atoms with Crippen molar-refractivity contribution in [2.75, 3.05) is 11.4 Å². The fraction of sp³-hybridized carbons (Fsp3) is 0.474. The van der Waals surface area contributed by atoms with Crippen LogP contribution in [-0.2, 0) is 22.5 Å². The van der Waals surface area contributed by atoms with E-state index in [1.54, 1.807) is 6.07 Å². The van der Waals surface area contributed by atoms with Crippen molar-refractivity contribution >= 4 is 28.9 Å². The van der Waals surface area contributed by atoms with Crippen LogP contribution < -0.4 is 9.64 Å². The normalized spacial score (nSPS) is 14.0. The molecule has 244 valence electrons. The summed E-state index contributed by atoms with van der Waals surface area (Å²) in [7, 11) is 0. The smallest absolute Gasteiger partial charge is 0.428 e. The maximum atomic E-state index is 13.6. The van der Waals surface area contributed by atoms with Gasteiger partial charge in [-0.15, -0.1) is 0 Å². The maximum Gasteiger partial charge on any atom is 0.514 e. The summed E-state index contributed by atoms with van der Waals surface area (Å²) in [5, 5.41) is 0. The van der Waals surface area contributed by atoms with Crippen molar-refractivity contribution < 1.29 is 19.1 Å². The number of aromatic nitrogens is 3. The Bertz CT molecular complexity index is 1660. The summed E-state index contributed by atoms with van der Waals surface area (Å²) in [4.78, 5) is 38.0. The molecule has 8 heteroatoms. The number of carbonyl (C=O) groups is 2. The van der Waals surface area contributed by atoms with E-state index in [9.17, 15) is 9.59 Å². The molecule has 5 rings (SSSR count). The topological polar surface area (TPSA) is 86.5 Å². The number of nitrogens with zero attached hydrogens (tertiary/aromatic N) is 4. The van der Waals surface area contributed by atoms with E-state index in [4.69, 9.17) is 19.4 Å². The first-order chi connectivity index (χ1) is 22.1. The number of unbranched alkanes of at least 4 members (excludes halogenated alkanes) is 1. The first-order valence-corrected chi connectivity index (χ1v) is 16.8. The molecule has 0 radical (unpaired) electrons. The average Bonchev–Trinajstić information content (AvgIpc) is 3.36. The number of aryl methyl sites for hydroxylation is 2. The number of ether oxygens (including phenoxy) is 2. The predicted octanol–water partition coefficient (Wildman–Crippen LogP) is 9.04. The fourth-order valence-electron chi connectivity index (χ4n) is 6.28. The third kappa shape index (κ3) is 7.77. The van der Waals surface area contributed by atoms with Gasteiger partial charge >= 0.3 is 6.16 Å². The molecule has 0 bridgehead atoms. The minimum Gasteiger partial charge on any atom is -0.428 e. The molecule has 1 saturated carbocycles. The summed E-state index contributed by atoms with van der Waals surface area (Å²) in [5.41, 5.74) is 5.60. The van der Waals surface area contributed by atoms with Crippen molar-refractivity contribution in [3.63, 3.8) is 0 Å². The first kappa shape index (κ1) is 33.2. The minimum absolute atomic E-state index is 0.0975. The molecule has 0 unspecified atom stereocenters. The number of imidazole rings is 1. The highest BCUT2D eigenvalue weighted by Gasteiger charge is 2.28.